The number of aryl methyl sites for hydroxylation is 1. The molecule has 10 nitrogen and oxygen atoms in total. The van der Waals surface area contributed by atoms with E-state index in [1.54, 1.807) is 7.05 Å². The summed E-state index contributed by atoms with van der Waals surface area (Å²) in [5, 5.41) is 0. The monoisotopic (exact) mass is 479 g/mol. The van der Waals surface area contributed by atoms with Crippen LogP contribution in [0.3, 0.4) is 0 Å². The zero-order valence-electron chi connectivity index (χ0n) is 20.7. The summed E-state index contributed by atoms with van der Waals surface area (Å²) in [5.74, 6) is 0.653. The van der Waals surface area contributed by atoms with E-state index in [1.165, 1.54) is 17.9 Å². The van der Waals surface area contributed by atoms with Crippen LogP contribution >= 0.6 is 0 Å². The van der Waals surface area contributed by atoms with Crippen molar-refractivity contribution in [3.8, 4) is 0 Å². The van der Waals surface area contributed by atoms with Crippen molar-refractivity contribution in [2.75, 3.05) is 25.1 Å². The van der Waals surface area contributed by atoms with Gasteiger partial charge < -0.3 is 15.2 Å². The fraction of sp³-hybridized carbons (Fsp3) is 0.400. The summed E-state index contributed by atoms with van der Waals surface area (Å²) in [6.07, 6.45) is 5.41. The second-order valence-corrected chi connectivity index (χ2v) is 9.06. The number of allylic oxidation sites excluding steroid dienone is 2. The zero-order chi connectivity index (χ0) is 25.1. The molecule has 186 valence electrons. The molecule has 1 aliphatic rings. The van der Waals surface area contributed by atoms with Gasteiger partial charge in [0.05, 0.1) is 12.8 Å². The van der Waals surface area contributed by atoms with Gasteiger partial charge in [0.2, 0.25) is 5.95 Å². The Morgan fingerprint density at radius 2 is 2.00 bits per heavy atom. The number of aromatic nitrogens is 4. The van der Waals surface area contributed by atoms with Crippen LogP contribution in [0.25, 0.3) is 23.1 Å². The largest absolute Gasteiger partial charge is 0.341 e. The molecule has 1 unspecified atom stereocenters. The van der Waals surface area contributed by atoms with Gasteiger partial charge in [-0.15, -0.1) is 0 Å². The Labute approximate surface area is 203 Å². The molecule has 1 aliphatic heterocycles. The maximum Gasteiger partial charge on any atom is 0.336 e. The number of nitrogens with zero attached hydrogens (tertiary/aromatic N) is 5. The lowest BCUT2D eigenvalue weighted by Crippen LogP contribution is -2.44. The first-order chi connectivity index (χ1) is 16.8. The molecule has 1 saturated heterocycles. The summed E-state index contributed by atoms with van der Waals surface area (Å²) in [4.78, 5) is 39.1. The number of imidazole rings is 1. The van der Waals surface area contributed by atoms with Crippen molar-refractivity contribution in [2.45, 2.75) is 39.3 Å². The van der Waals surface area contributed by atoms with Gasteiger partial charge in [-0.2, -0.15) is 4.98 Å². The number of anilines is 1. The maximum atomic E-state index is 13.8. The molecule has 35 heavy (non-hydrogen) atoms. The third-order valence-electron chi connectivity index (χ3n) is 6.14. The van der Waals surface area contributed by atoms with E-state index in [9.17, 15) is 9.59 Å². The Morgan fingerprint density at radius 1 is 1.26 bits per heavy atom. The fourth-order valence-corrected chi connectivity index (χ4v) is 4.34. The summed E-state index contributed by atoms with van der Waals surface area (Å²) in [6, 6.07) is 9.40. The third-order valence-corrected chi connectivity index (χ3v) is 6.14. The van der Waals surface area contributed by atoms with Gasteiger partial charge in [-0.25, -0.2) is 9.36 Å². The van der Waals surface area contributed by atoms with Crippen molar-refractivity contribution in [3.05, 3.63) is 68.4 Å². The van der Waals surface area contributed by atoms with Crippen LogP contribution < -0.4 is 27.4 Å². The lowest BCUT2D eigenvalue weighted by molar-refractivity contribution is 0.137. The molecule has 1 fully saturated rings. The summed E-state index contributed by atoms with van der Waals surface area (Å²) < 4.78 is 4.40. The number of hydroxylamine groups is 1. The van der Waals surface area contributed by atoms with Crippen LogP contribution in [0.4, 0.5) is 5.95 Å². The Hall–Kier alpha value is -3.63. The van der Waals surface area contributed by atoms with Gasteiger partial charge in [0.25, 0.3) is 5.56 Å². The molecule has 0 radical (unpaired) electrons. The minimum Gasteiger partial charge on any atom is -0.341 e. The number of benzene rings is 1. The molecule has 0 spiro atoms. The molecule has 3 heterocycles. The smallest absolute Gasteiger partial charge is 0.336 e. The average Bonchev–Trinajstić information content (AvgIpc) is 3.24. The molecule has 1 atom stereocenters. The van der Waals surface area contributed by atoms with Gasteiger partial charge in [-0.05, 0) is 26.7 Å². The van der Waals surface area contributed by atoms with Gasteiger partial charge in [-0.1, -0.05) is 42.0 Å². The normalized spacial score (nSPS) is 16.5. The SMILES string of the molecule is CONC(=Cn1c(=O)c2c(nc(N3CCCC(N)C3)n2CC=C(C)C)n(C)c1=O)c1ccccc1. The van der Waals surface area contributed by atoms with Gasteiger partial charge in [0.1, 0.15) is 0 Å². The van der Waals surface area contributed by atoms with Crippen molar-refractivity contribution in [3.63, 3.8) is 0 Å². The van der Waals surface area contributed by atoms with E-state index >= 15 is 0 Å². The van der Waals surface area contributed by atoms with Crippen molar-refractivity contribution >= 4 is 29.0 Å². The van der Waals surface area contributed by atoms with E-state index in [2.05, 4.69) is 10.4 Å². The van der Waals surface area contributed by atoms with Crippen LogP contribution in [-0.4, -0.2) is 44.9 Å². The number of piperidine rings is 1. The zero-order valence-corrected chi connectivity index (χ0v) is 20.7. The van der Waals surface area contributed by atoms with Gasteiger partial charge in [0.15, 0.2) is 11.2 Å². The van der Waals surface area contributed by atoms with Crippen LogP contribution in [0, 0.1) is 0 Å². The van der Waals surface area contributed by atoms with E-state index < -0.39 is 11.2 Å². The second-order valence-electron chi connectivity index (χ2n) is 9.06. The standard InChI is InChI=1S/C25H33N7O3/c1-17(2)12-14-31-21-22(27-24(31)30-13-8-11-19(26)15-30)29(3)25(34)32(23(21)33)16-20(28-35-4)18-9-6-5-7-10-18/h5-7,9-10,12,16,19,28H,8,11,13-15,26H2,1-4H3. The Morgan fingerprint density at radius 3 is 2.66 bits per heavy atom. The summed E-state index contributed by atoms with van der Waals surface area (Å²) >= 11 is 0. The number of hydrogen-bond donors (Lipinski definition) is 2. The van der Waals surface area contributed by atoms with Crippen molar-refractivity contribution in [1.29, 1.82) is 0 Å². The molecule has 3 N–H and O–H groups in total. The van der Waals surface area contributed by atoms with Crippen molar-refractivity contribution in [1.82, 2.24) is 24.2 Å². The van der Waals surface area contributed by atoms with E-state index in [1.807, 2.05) is 54.8 Å². The highest BCUT2D eigenvalue weighted by molar-refractivity contribution is 5.77. The third kappa shape index (κ3) is 4.94. The lowest BCUT2D eigenvalue weighted by Gasteiger charge is -2.31. The minimum atomic E-state index is -0.498. The summed E-state index contributed by atoms with van der Waals surface area (Å²) in [5.41, 5.74) is 11.2. The highest BCUT2D eigenvalue weighted by Crippen LogP contribution is 2.23. The number of fused-ring (bicyclic) bond motifs is 1. The predicted molar refractivity (Wildman–Crippen MR) is 139 cm³/mol. The molecule has 0 amide bonds. The summed E-state index contributed by atoms with van der Waals surface area (Å²) in [7, 11) is 3.11. The van der Waals surface area contributed by atoms with Gasteiger partial charge in [-0.3, -0.25) is 19.7 Å². The molecule has 1 aromatic carbocycles. The van der Waals surface area contributed by atoms with Crippen LogP contribution in [0.2, 0.25) is 0 Å². The quantitative estimate of drug-likeness (QED) is 0.393. The van der Waals surface area contributed by atoms with E-state index in [-0.39, 0.29) is 6.04 Å². The molecule has 10 heteroatoms. The highest BCUT2D eigenvalue weighted by Gasteiger charge is 2.26. The first kappa shape index (κ1) is 24.5. The Balaban J connectivity index is 1.97. The van der Waals surface area contributed by atoms with Crippen molar-refractivity contribution < 1.29 is 4.84 Å². The molecule has 0 saturated carbocycles. The van der Waals surface area contributed by atoms with Crippen LogP contribution in [0.5, 0.6) is 0 Å². The first-order valence-corrected chi connectivity index (χ1v) is 11.7. The summed E-state index contributed by atoms with van der Waals surface area (Å²) in [6.45, 7) is 5.92. The van der Waals surface area contributed by atoms with E-state index in [4.69, 9.17) is 15.6 Å². The van der Waals surface area contributed by atoms with Crippen molar-refractivity contribution in [2.24, 2.45) is 12.8 Å². The number of hydrogen-bond acceptors (Lipinski definition) is 7. The molecular weight excluding hydrogens is 446 g/mol. The Kier molecular flexibility index (Phi) is 7.23. The second kappa shape index (κ2) is 10.3. The van der Waals surface area contributed by atoms with Crippen LogP contribution in [0.1, 0.15) is 32.3 Å². The average molecular weight is 480 g/mol. The van der Waals surface area contributed by atoms with E-state index in [0.717, 1.165) is 35.1 Å². The molecule has 2 aromatic heterocycles. The van der Waals surface area contributed by atoms with Gasteiger partial charge >= 0.3 is 5.69 Å². The molecule has 3 aromatic rings. The van der Waals surface area contributed by atoms with Gasteiger partial charge in [0, 0.05) is 44.5 Å². The first-order valence-electron chi connectivity index (χ1n) is 11.7. The molecular formula is C25H33N7O3. The minimum absolute atomic E-state index is 0.0393. The highest BCUT2D eigenvalue weighted by atomic mass is 16.6. The van der Waals surface area contributed by atoms with E-state index in [0.29, 0.717) is 35.9 Å². The maximum absolute atomic E-state index is 13.8. The van der Waals surface area contributed by atoms with Crippen LogP contribution in [-0.2, 0) is 18.4 Å². The predicted octanol–water partition coefficient (Wildman–Crippen LogP) is 1.90. The fourth-order valence-electron chi connectivity index (χ4n) is 4.34. The van der Waals surface area contributed by atoms with Crippen LogP contribution in [0.15, 0.2) is 51.6 Å². The molecule has 0 bridgehead atoms. The molecule has 4 rings (SSSR count). The number of nitrogens with one attached hydrogen (secondary N) is 1. The lowest BCUT2D eigenvalue weighted by atomic mass is 10.1. The molecule has 0 aliphatic carbocycles. The number of rotatable bonds is 7. The topological polar surface area (TPSA) is 112 Å². The Bertz CT molecular complexity index is 1380. The number of nitrogens with two attached hydrogens (primary N) is 1.